The van der Waals surface area contributed by atoms with E-state index in [1.54, 1.807) is 13.0 Å². The number of carbonyl (C=O) groups is 2. The van der Waals surface area contributed by atoms with Gasteiger partial charge in [-0.05, 0) is 32.9 Å². The van der Waals surface area contributed by atoms with Gasteiger partial charge in [0.05, 0.1) is 23.1 Å². The van der Waals surface area contributed by atoms with E-state index in [4.69, 9.17) is 0 Å². The predicted octanol–water partition coefficient (Wildman–Crippen LogP) is 2.19. The fourth-order valence-electron chi connectivity index (χ4n) is 5.19. The van der Waals surface area contributed by atoms with Gasteiger partial charge in [0.25, 0.3) is 0 Å². The molecule has 2 unspecified atom stereocenters. The molecule has 0 radical (unpaired) electrons. The lowest BCUT2D eigenvalue weighted by molar-refractivity contribution is -0.124. The molecular weight excluding hydrogens is 389 g/mol. The number of benzene rings is 1. The average Bonchev–Trinajstić information content (AvgIpc) is 3.43. The monoisotopic (exact) mass is 413 g/mol. The quantitative estimate of drug-likeness (QED) is 0.831. The Balaban J connectivity index is 1.66. The maximum atomic E-state index is 15.5. The zero-order valence-electron chi connectivity index (χ0n) is 17.0. The second kappa shape index (κ2) is 6.63. The molecule has 2 aliphatic heterocycles. The van der Waals surface area contributed by atoms with Gasteiger partial charge < -0.3 is 14.6 Å². The van der Waals surface area contributed by atoms with Crippen molar-refractivity contribution in [3.8, 4) is 0 Å². The first kappa shape index (κ1) is 19.2. The fraction of sp³-hybridized carbons (Fsp3) is 0.500. The highest BCUT2D eigenvalue weighted by molar-refractivity contribution is 5.95. The molecule has 7 nitrogen and oxygen atoms in total. The lowest BCUT2D eigenvalue weighted by Gasteiger charge is -2.32. The van der Waals surface area contributed by atoms with Crippen LogP contribution in [0.3, 0.4) is 0 Å². The third kappa shape index (κ3) is 2.85. The van der Waals surface area contributed by atoms with Crippen LogP contribution in [0.25, 0.3) is 10.9 Å². The summed E-state index contributed by atoms with van der Waals surface area (Å²) in [5.74, 6) is -1.42. The molecule has 30 heavy (non-hydrogen) atoms. The van der Waals surface area contributed by atoms with E-state index in [9.17, 15) is 19.5 Å². The average molecular weight is 413 g/mol. The number of fused-ring (bicyclic) bond motifs is 2. The summed E-state index contributed by atoms with van der Waals surface area (Å²) in [5, 5.41) is 9.60. The number of ketones is 1. The molecule has 3 fully saturated rings. The third-order valence-corrected chi connectivity index (χ3v) is 6.88. The van der Waals surface area contributed by atoms with Crippen molar-refractivity contribution in [3.63, 3.8) is 0 Å². The second-order valence-corrected chi connectivity index (χ2v) is 8.93. The smallest absolute Gasteiger partial charge is 0.341 e. The first-order valence-electron chi connectivity index (χ1n) is 10.3. The van der Waals surface area contributed by atoms with Gasteiger partial charge in [-0.2, -0.15) is 0 Å². The summed E-state index contributed by atoms with van der Waals surface area (Å²) in [6.07, 6.45) is 3.73. The van der Waals surface area contributed by atoms with E-state index in [0.29, 0.717) is 37.3 Å². The summed E-state index contributed by atoms with van der Waals surface area (Å²) >= 11 is 0. The van der Waals surface area contributed by atoms with E-state index < -0.39 is 17.2 Å². The Labute approximate surface area is 172 Å². The molecule has 1 aromatic carbocycles. The SMILES string of the molecule is Cc1c(F)c(N2CC3CC(=O)CN(C)C3C2)cc2c1c(=O)c(C(=O)O)cn2C1CC1. The number of aromatic nitrogens is 1. The van der Waals surface area contributed by atoms with Gasteiger partial charge in [-0.3, -0.25) is 14.5 Å². The van der Waals surface area contributed by atoms with Crippen molar-refractivity contribution in [2.24, 2.45) is 5.92 Å². The number of aromatic carboxylic acids is 1. The number of anilines is 1. The van der Waals surface area contributed by atoms with E-state index in [0.717, 1.165) is 12.8 Å². The number of piperidine rings is 1. The van der Waals surface area contributed by atoms with Crippen molar-refractivity contribution in [2.45, 2.75) is 38.3 Å². The standard InChI is InChI=1S/C22H24FN3O4/c1-11-19-16(26(13-3-4-13)9-15(21(19)28)22(29)30)6-17(20(11)23)25-7-12-5-14(27)8-24(2)18(12)10-25/h6,9,12-13,18H,3-5,7-8,10H2,1-2H3,(H,29,30). The minimum Gasteiger partial charge on any atom is -0.477 e. The number of rotatable bonds is 3. The summed E-state index contributed by atoms with van der Waals surface area (Å²) < 4.78 is 17.3. The molecule has 1 saturated carbocycles. The zero-order valence-corrected chi connectivity index (χ0v) is 17.0. The van der Waals surface area contributed by atoms with Crippen molar-refractivity contribution < 1.29 is 19.1 Å². The van der Waals surface area contributed by atoms with Crippen molar-refractivity contribution in [1.29, 1.82) is 0 Å². The summed E-state index contributed by atoms with van der Waals surface area (Å²) in [5.41, 5.74) is 0.229. The first-order valence-corrected chi connectivity index (χ1v) is 10.3. The van der Waals surface area contributed by atoms with Crippen LogP contribution < -0.4 is 10.3 Å². The molecule has 3 heterocycles. The van der Waals surface area contributed by atoms with Gasteiger partial charge in [-0.1, -0.05) is 0 Å². The van der Waals surface area contributed by atoms with Gasteiger partial charge in [-0.15, -0.1) is 0 Å². The van der Waals surface area contributed by atoms with Gasteiger partial charge in [0, 0.05) is 49.3 Å². The summed E-state index contributed by atoms with van der Waals surface area (Å²) in [6.45, 7) is 3.18. The molecule has 1 aromatic heterocycles. The zero-order chi connectivity index (χ0) is 21.3. The Kier molecular flexibility index (Phi) is 4.25. The molecule has 0 amide bonds. The van der Waals surface area contributed by atoms with Crippen LogP contribution in [-0.4, -0.2) is 59.0 Å². The van der Waals surface area contributed by atoms with Crippen LogP contribution in [0.2, 0.25) is 0 Å². The van der Waals surface area contributed by atoms with E-state index in [1.807, 2.05) is 21.4 Å². The third-order valence-electron chi connectivity index (χ3n) is 6.88. The van der Waals surface area contributed by atoms with Gasteiger partial charge in [-0.25, -0.2) is 9.18 Å². The number of halogens is 1. The van der Waals surface area contributed by atoms with Crippen molar-refractivity contribution in [2.75, 3.05) is 31.6 Å². The number of likely N-dealkylation sites (tertiary alicyclic amines) is 1. The first-order chi connectivity index (χ1) is 14.3. The largest absolute Gasteiger partial charge is 0.477 e. The topological polar surface area (TPSA) is 82.8 Å². The molecule has 2 aromatic rings. The predicted molar refractivity (Wildman–Crippen MR) is 110 cm³/mol. The van der Waals surface area contributed by atoms with Crippen molar-refractivity contribution >= 4 is 28.3 Å². The van der Waals surface area contributed by atoms with Crippen molar-refractivity contribution in [3.05, 3.63) is 39.4 Å². The number of carboxylic acids is 1. The maximum absolute atomic E-state index is 15.5. The molecule has 1 N–H and O–H groups in total. The molecule has 2 saturated heterocycles. The molecule has 5 rings (SSSR count). The molecule has 8 heteroatoms. The van der Waals surface area contributed by atoms with Crippen LogP contribution in [0.1, 0.15) is 41.2 Å². The number of aryl methyl sites for hydroxylation is 1. The van der Waals surface area contributed by atoms with Crippen molar-refractivity contribution in [1.82, 2.24) is 9.47 Å². The Hall–Kier alpha value is -2.74. The summed E-state index contributed by atoms with van der Waals surface area (Å²) in [4.78, 5) is 40.4. The van der Waals surface area contributed by atoms with Gasteiger partial charge >= 0.3 is 5.97 Å². The Bertz CT molecular complexity index is 1150. The highest BCUT2D eigenvalue weighted by Gasteiger charge is 2.41. The van der Waals surface area contributed by atoms with Crippen LogP contribution in [-0.2, 0) is 4.79 Å². The Morgan fingerprint density at radius 3 is 2.63 bits per heavy atom. The highest BCUT2D eigenvalue weighted by atomic mass is 19.1. The Morgan fingerprint density at radius 1 is 1.23 bits per heavy atom. The number of hydrogen-bond acceptors (Lipinski definition) is 5. The molecule has 3 aliphatic rings. The lowest BCUT2D eigenvalue weighted by Crippen LogP contribution is -2.46. The van der Waals surface area contributed by atoms with Crippen LogP contribution in [0.4, 0.5) is 10.1 Å². The highest BCUT2D eigenvalue weighted by Crippen LogP contribution is 2.40. The number of carboxylic acid groups (broad SMARTS) is 1. The van der Waals surface area contributed by atoms with Gasteiger partial charge in [0.2, 0.25) is 5.43 Å². The maximum Gasteiger partial charge on any atom is 0.341 e. The molecular formula is C22H24FN3O4. The van der Waals surface area contributed by atoms with E-state index in [2.05, 4.69) is 0 Å². The van der Waals surface area contributed by atoms with Crippen LogP contribution in [0, 0.1) is 18.7 Å². The van der Waals surface area contributed by atoms with Gasteiger partial charge in [0.15, 0.2) is 0 Å². The minimum atomic E-state index is -1.29. The number of pyridine rings is 1. The number of nitrogens with zero attached hydrogens (tertiary/aromatic N) is 3. The van der Waals surface area contributed by atoms with Crippen LogP contribution in [0.15, 0.2) is 17.1 Å². The lowest BCUT2D eigenvalue weighted by atomic mass is 9.92. The number of carbonyl (C=O) groups excluding carboxylic acids is 1. The number of Topliss-reactive ketones (excluding diaryl/α,β-unsaturated/α-hetero) is 1. The Morgan fingerprint density at radius 2 is 1.97 bits per heavy atom. The molecule has 0 spiro atoms. The number of likely N-dealkylation sites (N-methyl/N-ethyl adjacent to an activating group) is 1. The molecule has 2 atom stereocenters. The van der Waals surface area contributed by atoms with E-state index >= 15 is 4.39 Å². The molecule has 1 aliphatic carbocycles. The van der Waals surface area contributed by atoms with E-state index in [1.165, 1.54) is 6.20 Å². The number of hydrogen-bond donors (Lipinski definition) is 1. The normalized spacial score (nSPS) is 24.5. The minimum absolute atomic E-state index is 0.133. The van der Waals surface area contributed by atoms with Gasteiger partial charge in [0.1, 0.15) is 17.2 Å². The van der Waals surface area contributed by atoms with Crippen LogP contribution >= 0.6 is 0 Å². The van der Waals surface area contributed by atoms with E-state index in [-0.39, 0.29) is 40.3 Å². The molecule has 0 bridgehead atoms. The second-order valence-electron chi connectivity index (χ2n) is 8.93. The molecule has 158 valence electrons. The summed E-state index contributed by atoms with van der Waals surface area (Å²) in [7, 11) is 1.93. The fourth-order valence-corrected chi connectivity index (χ4v) is 5.19. The summed E-state index contributed by atoms with van der Waals surface area (Å²) in [6, 6.07) is 2.02. The van der Waals surface area contributed by atoms with Crippen LogP contribution in [0.5, 0.6) is 0 Å².